The van der Waals surface area contributed by atoms with Crippen LogP contribution in [0.5, 0.6) is 0 Å². The molecule has 0 amide bonds. The Morgan fingerprint density at radius 3 is 2.94 bits per heavy atom. The van der Waals surface area contributed by atoms with Crippen molar-refractivity contribution in [3.63, 3.8) is 0 Å². The van der Waals surface area contributed by atoms with Crippen molar-refractivity contribution in [3.05, 3.63) is 23.4 Å². The van der Waals surface area contributed by atoms with Gasteiger partial charge >= 0.3 is 6.01 Å². The van der Waals surface area contributed by atoms with E-state index in [4.69, 9.17) is 8.94 Å². The highest BCUT2D eigenvalue weighted by Crippen LogP contribution is 2.19. The molecule has 3 rings (SSSR count). The van der Waals surface area contributed by atoms with E-state index in [1.807, 2.05) is 13.0 Å². The van der Waals surface area contributed by atoms with Gasteiger partial charge in [0.15, 0.2) is 5.76 Å². The molecule has 2 aromatic heterocycles. The molecule has 7 heteroatoms. The van der Waals surface area contributed by atoms with Crippen LogP contribution in [0.2, 0.25) is 0 Å². The van der Waals surface area contributed by atoms with Crippen LogP contribution in [0.4, 0.5) is 6.01 Å². The Balaban J connectivity index is 1.49. The van der Waals surface area contributed by atoms with Gasteiger partial charge in [0, 0.05) is 12.1 Å². The number of anilines is 1. The molecule has 1 aliphatic rings. The number of hydrogen-bond donors (Lipinski definition) is 2. The second-order valence-electron chi connectivity index (χ2n) is 4.44. The van der Waals surface area contributed by atoms with Crippen molar-refractivity contribution < 1.29 is 8.94 Å². The minimum absolute atomic E-state index is 0.400. The van der Waals surface area contributed by atoms with Gasteiger partial charge in [0.25, 0.3) is 0 Å². The zero-order chi connectivity index (χ0) is 12.4. The number of aromatic nitrogens is 3. The summed E-state index contributed by atoms with van der Waals surface area (Å²) in [6, 6.07) is 2.89. The van der Waals surface area contributed by atoms with E-state index in [0.29, 0.717) is 31.0 Å². The standard InChI is InChI=1S/C11H15N5O2/c1-7-4-9(18-16-7)5-13-11-15-14-10(17-11)6-12-8-2-3-8/h4,8,12H,2-3,5-6H2,1H3,(H,13,15). The largest absolute Gasteiger partial charge is 0.407 e. The summed E-state index contributed by atoms with van der Waals surface area (Å²) in [5.41, 5.74) is 0.853. The molecule has 18 heavy (non-hydrogen) atoms. The first-order valence-electron chi connectivity index (χ1n) is 6.01. The summed E-state index contributed by atoms with van der Waals surface area (Å²) in [5.74, 6) is 1.33. The minimum atomic E-state index is 0.400. The van der Waals surface area contributed by atoms with Crippen LogP contribution >= 0.6 is 0 Å². The van der Waals surface area contributed by atoms with Crippen LogP contribution in [-0.2, 0) is 13.1 Å². The lowest BCUT2D eigenvalue weighted by Gasteiger charge is -1.97. The topological polar surface area (TPSA) is 89.0 Å². The monoisotopic (exact) mass is 249 g/mol. The fraction of sp³-hybridized carbons (Fsp3) is 0.545. The smallest absolute Gasteiger partial charge is 0.315 e. The Morgan fingerprint density at radius 1 is 1.33 bits per heavy atom. The van der Waals surface area contributed by atoms with Gasteiger partial charge in [-0.2, -0.15) is 0 Å². The quantitative estimate of drug-likeness (QED) is 0.795. The summed E-state index contributed by atoms with van der Waals surface area (Å²) in [7, 11) is 0. The van der Waals surface area contributed by atoms with Crippen molar-refractivity contribution in [1.29, 1.82) is 0 Å². The van der Waals surface area contributed by atoms with E-state index in [-0.39, 0.29) is 0 Å². The summed E-state index contributed by atoms with van der Waals surface area (Å²) < 4.78 is 10.5. The fourth-order valence-corrected chi connectivity index (χ4v) is 1.58. The van der Waals surface area contributed by atoms with Gasteiger partial charge in [0.05, 0.1) is 18.8 Å². The maximum absolute atomic E-state index is 5.43. The summed E-state index contributed by atoms with van der Waals surface area (Å²) in [5, 5.41) is 18.0. The Morgan fingerprint density at radius 2 is 2.22 bits per heavy atom. The Hall–Kier alpha value is -1.89. The van der Waals surface area contributed by atoms with E-state index in [1.165, 1.54) is 12.8 Å². The Kier molecular flexibility index (Phi) is 2.97. The zero-order valence-corrected chi connectivity index (χ0v) is 10.1. The van der Waals surface area contributed by atoms with Crippen molar-refractivity contribution in [2.45, 2.75) is 38.9 Å². The summed E-state index contributed by atoms with van der Waals surface area (Å²) in [6.07, 6.45) is 2.48. The molecule has 2 aromatic rings. The third-order valence-corrected chi connectivity index (χ3v) is 2.68. The van der Waals surface area contributed by atoms with E-state index >= 15 is 0 Å². The average molecular weight is 249 g/mol. The molecule has 7 nitrogen and oxygen atoms in total. The Bertz CT molecular complexity index is 517. The summed E-state index contributed by atoms with van der Waals surface area (Å²) >= 11 is 0. The van der Waals surface area contributed by atoms with Crippen molar-refractivity contribution in [1.82, 2.24) is 20.7 Å². The molecule has 96 valence electrons. The second-order valence-corrected chi connectivity index (χ2v) is 4.44. The number of nitrogens with one attached hydrogen (secondary N) is 2. The molecule has 1 fully saturated rings. The third-order valence-electron chi connectivity index (χ3n) is 2.68. The predicted molar refractivity (Wildman–Crippen MR) is 62.7 cm³/mol. The van der Waals surface area contributed by atoms with E-state index in [9.17, 15) is 0 Å². The molecule has 0 radical (unpaired) electrons. The van der Waals surface area contributed by atoms with Crippen LogP contribution in [0, 0.1) is 6.92 Å². The lowest BCUT2D eigenvalue weighted by Crippen LogP contribution is -2.15. The normalized spacial score (nSPS) is 14.9. The first-order valence-corrected chi connectivity index (χ1v) is 6.01. The molecular formula is C11H15N5O2. The van der Waals surface area contributed by atoms with Gasteiger partial charge in [-0.1, -0.05) is 10.3 Å². The number of hydrogen-bond acceptors (Lipinski definition) is 7. The molecule has 0 atom stereocenters. The molecule has 1 saturated carbocycles. The SMILES string of the molecule is Cc1cc(CNc2nnc(CNC3CC3)o2)on1. The lowest BCUT2D eigenvalue weighted by atomic mass is 10.4. The minimum Gasteiger partial charge on any atom is -0.407 e. The van der Waals surface area contributed by atoms with Crippen LogP contribution in [0.25, 0.3) is 0 Å². The molecule has 0 unspecified atom stereocenters. The first-order chi connectivity index (χ1) is 8.79. The molecule has 0 spiro atoms. The Labute approximate surface area is 104 Å². The van der Waals surface area contributed by atoms with Gasteiger partial charge in [-0.05, 0) is 19.8 Å². The van der Waals surface area contributed by atoms with Crippen LogP contribution in [-0.4, -0.2) is 21.4 Å². The van der Waals surface area contributed by atoms with Gasteiger partial charge in [0.1, 0.15) is 0 Å². The highest BCUT2D eigenvalue weighted by Gasteiger charge is 2.21. The van der Waals surface area contributed by atoms with Gasteiger partial charge in [-0.25, -0.2) is 0 Å². The van der Waals surface area contributed by atoms with E-state index in [0.717, 1.165) is 11.5 Å². The fourth-order valence-electron chi connectivity index (χ4n) is 1.58. The van der Waals surface area contributed by atoms with Crippen LogP contribution in [0.1, 0.15) is 30.2 Å². The average Bonchev–Trinajstić information content (AvgIpc) is 2.93. The van der Waals surface area contributed by atoms with Gasteiger partial charge in [-0.15, -0.1) is 5.10 Å². The lowest BCUT2D eigenvalue weighted by molar-refractivity contribution is 0.382. The highest BCUT2D eigenvalue weighted by atomic mass is 16.5. The predicted octanol–water partition coefficient (Wildman–Crippen LogP) is 1.23. The molecule has 1 aliphatic carbocycles. The van der Waals surface area contributed by atoms with Gasteiger partial charge < -0.3 is 19.6 Å². The van der Waals surface area contributed by atoms with Crippen molar-refractivity contribution >= 4 is 6.01 Å². The maximum atomic E-state index is 5.43. The molecule has 2 heterocycles. The van der Waals surface area contributed by atoms with Gasteiger partial charge in [-0.3, -0.25) is 0 Å². The summed E-state index contributed by atoms with van der Waals surface area (Å²) in [6.45, 7) is 2.99. The van der Waals surface area contributed by atoms with E-state index < -0.39 is 0 Å². The third kappa shape index (κ3) is 2.86. The van der Waals surface area contributed by atoms with Gasteiger partial charge in [0.2, 0.25) is 5.89 Å². The molecule has 2 N–H and O–H groups in total. The van der Waals surface area contributed by atoms with Crippen LogP contribution in [0.3, 0.4) is 0 Å². The van der Waals surface area contributed by atoms with Crippen molar-refractivity contribution in [3.8, 4) is 0 Å². The zero-order valence-electron chi connectivity index (χ0n) is 10.1. The molecule has 0 bridgehead atoms. The van der Waals surface area contributed by atoms with Crippen LogP contribution in [0.15, 0.2) is 15.0 Å². The maximum Gasteiger partial charge on any atom is 0.315 e. The number of aryl methyl sites for hydroxylation is 1. The molecular weight excluding hydrogens is 234 g/mol. The van der Waals surface area contributed by atoms with Crippen molar-refractivity contribution in [2.24, 2.45) is 0 Å². The van der Waals surface area contributed by atoms with Crippen LogP contribution < -0.4 is 10.6 Å². The highest BCUT2D eigenvalue weighted by molar-refractivity contribution is 5.19. The number of nitrogens with zero attached hydrogens (tertiary/aromatic N) is 3. The number of rotatable bonds is 6. The molecule has 0 aromatic carbocycles. The van der Waals surface area contributed by atoms with E-state index in [2.05, 4.69) is 26.0 Å². The molecule has 0 aliphatic heterocycles. The van der Waals surface area contributed by atoms with Crippen molar-refractivity contribution in [2.75, 3.05) is 5.32 Å². The second kappa shape index (κ2) is 4.77. The summed E-state index contributed by atoms with van der Waals surface area (Å²) in [4.78, 5) is 0. The van der Waals surface area contributed by atoms with E-state index in [1.54, 1.807) is 0 Å². The first kappa shape index (κ1) is 11.2. The molecule has 0 saturated heterocycles.